The van der Waals surface area contributed by atoms with Crippen LogP contribution in [0.4, 0.5) is 0 Å². The maximum Gasteiger partial charge on any atom is 0.237 e. The highest BCUT2D eigenvalue weighted by Crippen LogP contribution is 2.32. The van der Waals surface area contributed by atoms with Crippen LogP contribution in [-0.4, -0.2) is 46.8 Å². The van der Waals surface area contributed by atoms with Crippen LogP contribution in [0.3, 0.4) is 0 Å². The molecule has 6 nitrogen and oxygen atoms in total. The van der Waals surface area contributed by atoms with Gasteiger partial charge in [0.1, 0.15) is 11.3 Å². The maximum atomic E-state index is 6.14. The van der Waals surface area contributed by atoms with Crippen LogP contribution in [0.15, 0.2) is 36.7 Å². The van der Waals surface area contributed by atoms with E-state index in [-0.39, 0.29) is 11.6 Å². The van der Waals surface area contributed by atoms with E-state index < -0.39 is 0 Å². The number of hydrogen-bond acceptors (Lipinski definition) is 6. The molecule has 2 heterocycles. The molecule has 2 aromatic rings. The molecule has 0 radical (unpaired) electrons. The number of piperidine rings is 1. The second-order valence-electron chi connectivity index (χ2n) is 9.22. The van der Waals surface area contributed by atoms with Gasteiger partial charge < -0.3 is 14.2 Å². The minimum absolute atomic E-state index is 0.163. The van der Waals surface area contributed by atoms with Crippen LogP contribution in [0.2, 0.25) is 0 Å². The smallest absolute Gasteiger partial charge is 0.237 e. The van der Waals surface area contributed by atoms with Crippen LogP contribution in [0.1, 0.15) is 65.6 Å². The summed E-state index contributed by atoms with van der Waals surface area (Å²) in [6, 6.07) is 8.12. The van der Waals surface area contributed by atoms with Crippen LogP contribution >= 0.6 is 0 Å². The average Bonchev–Trinajstić information content (AvgIpc) is 2.76. The number of benzene rings is 1. The Morgan fingerprint density at radius 2 is 1.68 bits per heavy atom. The molecule has 0 amide bonds. The summed E-state index contributed by atoms with van der Waals surface area (Å²) in [5, 5.41) is 0. The molecule has 0 N–H and O–H groups in total. The van der Waals surface area contributed by atoms with E-state index in [1.807, 2.05) is 45.0 Å². The van der Waals surface area contributed by atoms with Gasteiger partial charge in [-0.2, -0.15) is 0 Å². The molecule has 0 spiro atoms. The molecule has 31 heavy (non-hydrogen) atoms. The van der Waals surface area contributed by atoms with Crippen molar-refractivity contribution in [3.63, 3.8) is 0 Å². The zero-order chi connectivity index (χ0) is 22.3. The number of hydrogen-bond donors (Lipinski definition) is 0. The van der Waals surface area contributed by atoms with E-state index in [4.69, 9.17) is 14.2 Å². The first-order valence-corrected chi connectivity index (χ1v) is 11.5. The lowest BCUT2D eigenvalue weighted by Crippen LogP contribution is -2.38. The van der Waals surface area contributed by atoms with Crippen molar-refractivity contribution in [1.29, 1.82) is 0 Å². The van der Waals surface area contributed by atoms with E-state index in [1.54, 1.807) is 12.4 Å². The zero-order valence-electron chi connectivity index (χ0n) is 19.6. The van der Waals surface area contributed by atoms with E-state index in [2.05, 4.69) is 28.7 Å². The van der Waals surface area contributed by atoms with E-state index in [0.717, 1.165) is 56.2 Å². The summed E-state index contributed by atoms with van der Waals surface area (Å²) in [5.74, 6) is 2.85. The van der Waals surface area contributed by atoms with Crippen molar-refractivity contribution in [3.05, 3.63) is 42.4 Å². The topological polar surface area (TPSA) is 56.7 Å². The summed E-state index contributed by atoms with van der Waals surface area (Å²) >= 11 is 0. The summed E-state index contributed by atoms with van der Waals surface area (Å²) in [6.07, 6.45) is 6.62. The van der Waals surface area contributed by atoms with Gasteiger partial charge in [0.15, 0.2) is 11.5 Å². The minimum atomic E-state index is -0.300. The fourth-order valence-corrected chi connectivity index (χ4v) is 3.78. The van der Waals surface area contributed by atoms with Crippen molar-refractivity contribution in [3.8, 4) is 17.4 Å². The fraction of sp³-hybridized carbons (Fsp3) is 0.600. The normalized spacial score (nSPS) is 16.7. The molecule has 0 aliphatic carbocycles. The molecule has 1 atom stereocenters. The van der Waals surface area contributed by atoms with Gasteiger partial charge in [-0.25, -0.2) is 4.98 Å². The van der Waals surface area contributed by atoms with Crippen LogP contribution < -0.4 is 14.2 Å². The molecular weight excluding hydrogens is 390 g/mol. The monoisotopic (exact) mass is 427 g/mol. The molecule has 1 unspecified atom stereocenters. The predicted molar refractivity (Wildman–Crippen MR) is 123 cm³/mol. The maximum absolute atomic E-state index is 6.14. The Labute approximate surface area is 186 Å². The number of ether oxygens (including phenoxy) is 3. The summed E-state index contributed by atoms with van der Waals surface area (Å²) < 4.78 is 18.0. The largest absolute Gasteiger partial charge is 0.490 e. The van der Waals surface area contributed by atoms with Crippen molar-refractivity contribution < 1.29 is 14.2 Å². The quantitative estimate of drug-likeness (QED) is 0.542. The van der Waals surface area contributed by atoms with Gasteiger partial charge in [0.2, 0.25) is 5.88 Å². The van der Waals surface area contributed by atoms with Gasteiger partial charge in [-0.3, -0.25) is 9.88 Å². The lowest BCUT2D eigenvalue weighted by Gasteiger charge is -2.36. The number of rotatable bonds is 9. The summed E-state index contributed by atoms with van der Waals surface area (Å²) in [6.45, 7) is 13.9. The van der Waals surface area contributed by atoms with Gasteiger partial charge in [0.25, 0.3) is 0 Å². The van der Waals surface area contributed by atoms with Crippen molar-refractivity contribution in [1.82, 2.24) is 14.9 Å². The number of aromatic nitrogens is 2. The van der Waals surface area contributed by atoms with Gasteiger partial charge in [0, 0.05) is 12.4 Å². The number of nitrogens with zero attached hydrogens (tertiary/aromatic N) is 3. The molecule has 6 heteroatoms. The van der Waals surface area contributed by atoms with Gasteiger partial charge in [0.05, 0.1) is 19.3 Å². The Kier molecular flexibility index (Phi) is 8.13. The van der Waals surface area contributed by atoms with Crippen LogP contribution in [0, 0.1) is 5.92 Å². The third-order valence-electron chi connectivity index (χ3n) is 5.47. The zero-order valence-corrected chi connectivity index (χ0v) is 19.6. The van der Waals surface area contributed by atoms with Crippen molar-refractivity contribution in [2.24, 2.45) is 5.92 Å². The summed E-state index contributed by atoms with van der Waals surface area (Å²) in [7, 11) is 0. The highest BCUT2D eigenvalue weighted by molar-refractivity contribution is 5.39. The lowest BCUT2D eigenvalue weighted by molar-refractivity contribution is 0.0965. The fourth-order valence-electron chi connectivity index (χ4n) is 3.78. The van der Waals surface area contributed by atoms with E-state index >= 15 is 0 Å². The van der Waals surface area contributed by atoms with Crippen LogP contribution in [0.5, 0.6) is 17.4 Å². The van der Waals surface area contributed by atoms with Crippen molar-refractivity contribution in [2.75, 3.05) is 26.3 Å². The first-order valence-electron chi connectivity index (χ1n) is 11.5. The predicted octanol–water partition coefficient (Wildman–Crippen LogP) is 5.29. The average molecular weight is 428 g/mol. The molecular formula is C25H37N3O3. The molecule has 1 aliphatic rings. The lowest BCUT2D eigenvalue weighted by atomic mass is 9.96. The summed E-state index contributed by atoms with van der Waals surface area (Å²) in [5.41, 5.74) is 0.612. The third kappa shape index (κ3) is 6.82. The minimum Gasteiger partial charge on any atom is -0.490 e. The standard InChI is InChI=1S/C25H37N3O3/c1-6-17-29-21-9-7-8-10-22(21)30-18-20-11-15-28(16-12-20)19(2)23-24(27-14-13-26-23)31-25(3,4)5/h7-10,13-14,19-20H,6,11-12,15-18H2,1-5H3. The first kappa shape index (κ1) is 23.3. The van der Waals surface area contributed by atoms with E-state index in [1.165, 1.54) is 0 Å². The molecule has 1 aromatic heterocycles. The van der Waals surface area contributed by atoms with Gasteiger partial charge >= 0.3 is 0 Å². The highest BCUT2D eigenvalue weighted by Gasteiger charge is 2.28. The molecule has 1 fully saturated rings. The van der Waals surface area contributed by atoms with Gasteiger partial charge in [-0.15, -0.1) is 0 Å². The Morgan fingerprint density at radius 3 is 2.32 bits per heavy atom. The summed E-state index contributed by atoms with van der Waals surface area (Å²) in [4.78, 5) is 11.5. The molecule has 3 rings (SSSR count). The molecule has 1 aromatic carbocycles. The van der Waals surface area contributed by atoms with Crippen molar-refractivity contribution >= 4 is 0 Å². The number of likely N-dealkylation sites (tertiary alicyclic amines) is 1. The SMILES string of the molecule is CCCOc1ccccc1OCC1CCN(C(C)c2nccnc2OC(C)(C)C)CC1. The van der Waals surface area contributed by atoms with Crippen LogP contribution in [-0.2, 0) is 0 Å². The van der Waals surface area contributed by atoms with Gasteiger partial charge in [-0.05, 0) is 78.1 Å². The van der Waals surface area contributed by atoms with Gasteiger partial charge in [-0.1, -0.05) is 19.1 Å². The molecule has 0 saturated carbocycles. The second-order valence-corrected chi connectivity index (χ2v) is 9.22. The Morgan fingerprint density at radius 1 is 1.03 bits per heavy atom. The molecule has 170 valence electrons. The van der Waals surface area contributed by atoms with Crippen molar-refractivity contribution in [2.45, 2.75) is 65.5 Å². The molecule has 1 saturated heterocycles. The molecule has 1 aliphatic heterocycles. The Balaban J connectivity index is 1.54. The highest BCUT2D eigenvalue weighted by atomic mass is 16.5. The van der Waals surface area contributed by atoms with E-state index in [0.29, 0.717) is 18.4 Å². The molecule has 0 bridgehead atoms. The Bertz CT molecular complexity index is 814. The van der Waals surface area contributed by atoms with Crippen LogP contribution in [0.25, 0.3) is 0 Å². The Hall–Kier alpha value is -2.34. The van der Waals surface area contributed by atoms with E-state index in [9.17, 15) is 0 Å². The second kappa shape index (κ2) is 10.8. The first-order chi connectivity index (χ1) is 14.9. The third-order valence-corrected chi connectivity index (χ3v) is 5.47. The number of para-hydroxylation sites is 2.